The molecule has 0 spiro atoms. The molecular formula is C20H25NO3S2. The lowest BCUT2D eigenvalue weighted by atomic mass is 10.0. The van der Waals surface area contributed by atoms with Gasteiger partial charge in [0, 0.05) is 34.3 Å². The molecule has 0 radical (unpaired) electrons. The highest BCUT2D eigenvalue weighted by Crippen LogP contribution is 2.37. The predicted octanol–water partition coefficient (Wildman–Crippen LogP) is 4.28. The third kappa shape index (κ3) is 4.88. The van der Waals surface area contributed by atoms with E-state index in [1.165, 1.54) is 0 Å². The number of hydrogen-bond acceptors (Lipinski definition) is 6. The Bertz CT molecular complexity index is 713. The van der Waals surface area contributed by atoms with E-state index >= 15 is 0 Å². The van der Waals surface area contributed by atoms with Crippen LogP contribution in [0.4, 0.5) is 0 Å². The largest absolute Gasteiger partial charge is 0.496 e. The van der Waals surface area contributed by atoms with E-state index in [0.717, 1.165) is 39.2 Å². The Morgan fingerprint density at radius 1 is 1.19 bits per heavy atom. The molecule has 1 aliphatic rings. The maximum atomic E-state index is 6.33. The van der Waals surface area contributed by atoms with E-state index in [1.54, 1.807) is 26.0 Å². The van der Waals surface area contributed by atoms with Crippen LogP contribution in [-0.2, 0) is 4.74 Å². The van der Waals surface area contributed by atoms with Gasteiger partial charge in [0.05, 0.1) is 13.2 Å². The van der Waals surface area contributed by atoms with Gasteiger partial charge in [0.15, 0.2) is 6.23 Å². The highest BCUT2D eigenvalue weighted by atomic mass is 32.2. The monoisotopic (exact) mass is 391 g/mol. The summed E-state index contributed by atoms with van der Waals surface area (Å²) in [4.78, 5) is 2.28. The number of thioether (sulfide) groups is 2. The molecule has 4 nitrogen and oxygen atoms in total. The number of hydrogen-bond donors (Lipinski definition) is 1. The maximum Gasteiger partial charge on any atom is 0.151 e. The van der Waals surface area contributed by atoms with E-state index in [1.807, 2.05) is 48.2 Å². The first-order valence-electron chi connectivity index (χ1n) is 8.64. The van der Waals surface area contributed by atoms with E-state index < -0.39 is 0 Å². The quantitative estimate of drug-likeness (QED) is 0.711. The fraction of sp³-hybridized carbons (Fsp3) is 0.400. The van der Waals surface area contributed by atoms with Crippen molar-refractivity contribution in [1.82, 2.24) is 0 Å². The maximum absolute atomic E-state index is 6.33. The molecule has 1 heterocycles. The second kappa shape index (κ2) is 9.55. The van der Waals surface area contributed by atoms with Crippen LogP contribution in [-0.4, -0.2) is 38.1 Å². The minimum Gasteiger partial charge on any atom is -0.496 e. The Hall–Kier alpha value is -1.34. The molecule has 2 N–H and O–H groups in total. The minimum atomic E-state index is -0.319. The summed E-state index contributed by atoms with van der Waals surface area (Å²) >= 11 is 3.56. The molecule has 0 aliphatic carbocycles. The van der Waals surface area contributed by atoms with Crippen molar-refractivity contribution in [2.45, 2.75) is 28.5 Å². The average molecular weight is 392 g/mol. The Balaban J connectivity index is 1.59. The second-order valence-electron chi connectivity index (χ2n) is 6.16. The molecule has 0 aromatic heterocycles. The van der Waals surface area contributed by atoms with Crippen LogP contribution in [0.2, 0.25) is 0 Å². The van der Waals surface area contributed by atoms with E-state index in [-0.39, 0.29) is 18.2 Å². The van der Waals surface area contributed by atoms with Gasteiger partial charge in [-0.15, -0.1) is 23.5 Å². The molecule has 3 atom stereocenters. The van der Waals surface area contributed by atoms with Gasteiger partial charge in [-0.3, -0.25) is 5.73 Å². The molecule has 0 saturated carbocycles. The van der Waals surface area contributed by atoms with Crippen molar-refractivity contribution in [3.63, 3.8) is 0 Å². The van der Waals surface area contributed by atoms with Crippen LogP contribution in [0.3, 0.4) is 0 Å². The zero-order valence-electron chi connectivity index (χ0n) is 15.1. The number of rotatable bonds is 7. The first-order chi connectivity index (χ1) is 12.7. The first-order valence-corrected chi connectivity index (χ1v) is 10.6. The lowest BCUT2D eigenvalue weighted by molar-refractivity contribution is 0.0685. The molecule has 1 aliphatic heterocycles. The molecule has 6 heteroatoms. The van der Waals surface area contributed by atoms with E-state index in [9.17, 15) is 0 Å². The minimum absolute atomic E-state index is 0.103. The summed E-state index contributed by atoms with van der Waals surface area (Å²) in [6.45, 7) is 0. The number of para-hydroxylation sites is 2. The van der Waals surface area contributed by atoms with E-state index in [2.05, 4.69) is 12.1 Å². The van der Waals surface area contributed by atoms with E-state index in [4.69, 9.17) is 19.9 Å². The van der Waals surface area contributed by atoms with Crippen molar-refractivity contribution >= 4 is 23.5 Å². The number of benzene rings is 2. The van der Waals surface area contributed by atoms with Gasteiger partial charge in [0.1, 0.15) is 11.5 Å². The van der Waals surface area contributed by atoms with Crippen molar-refractivity contribution in [2.75, 3.05) is 25.7 Å². The summed E-state index contributed by atoms with van der Waals surface area (Å²) in [5.41, 5.74) is 6.33. The SMILES string of the molecule is COc1ccccc1SC[C@H](C[C@H]1CSc2ccccc2OC1N)OC. The predicted molar refractivity (Wildman–Crippen MR) is 108 cm³/mol. The van der Waals surface area contributed by atoms with Crippen molar-refractivity contribution in [2.24, 2.45) is 11.7 Å². The van der Waals surface area contributed by atoms with Crippen molar-refractivity contribution in [3.05, 3.63) is 48.5 Å². The van der Waals surface area contributed by atoms with Crippen LogP contribution < -0.4 is 15.2 Å². The van der Waals surface area contributed by atoms with Gasteiger partial charge in [-0.05, 0) is 30.7 Å². The average Bonchev–Trinajstić information content (AvgIpc) is 2.83. The van der Waals surface area contributed by atoms with Crippen LogP contribution in [0.25, 0.3) is 0 Å². The molecule has 0 amide bonds. The zero-order valence-corrected chi connectivity index (χ0v) is 16.7. The third-order valence-corrected chi connectivity index (χ3v) is 6.85. The lowest BCUT2D eigenvalue weighted by Gasteiger charge is -2.25. The van der Waals surface area contributed by atoms with Crippen LogP contribution >= 0.6 is 23.5 Å². The second-order valence-corrected chi connectivity index (χ2v) is 8.28. The van der Waals surface area contributed by atoms with Crippen LogP contribution in [0.5, 0.6) is 11.5 Å². The number of nitrogens with two attached hydrogens (primary N) is 1. The zero-order chi connectivity index (χ0) is 18.4. The lowest BCUT2D eigenvalue weighted by Crippen LogP contribution is -2.38. The van der Waals surface area contributed by atoms with Gasteiger partial charge in [-0.25, -0.2) is 0 Å². The summed E-state index contributed by atoms with van der Waals surface area (Å²) in [5, 5.41) is 0. The number of methoxy groups -OCH3 is 2. The fourth-order valence-electron chi connectivity index (χ4n) is 2.89. The molecule has 0 bridgehead atoms. The van der Waals surface area contributed by atoms with Crippen LogP contribution in [0.1, 0.15) is 6.42 Å². The number of ether oxygens (including phenoxy) is 3. The number of fused-ring (bicyclic) bond motifs is 1. The van der Waals surface area contributed by atoms with Gasteiger partial charge in [0.25, 0.3) is 0 Å². The standard InChI is InChI=1S/C20H25NO3S2/c1-22-15(13-26-18-9-5-3-7-16(18)23-2)11-14-12-25-19-10-6-4-8-17(19)24-20(14)21/h3-10,14-15,20H,11-13,21H2,1-2H3/t14-,15-,20?/m0/s1. The molecule has 3 rings (SSSR count). The fourth-order valence-corrected chi connectivity index (χ4v) is 5.15. The molecule has 0 saturated heterocycles. The Morgan fingerprint density at radius 3 is 2.77 bits per heavy atom. The summed E-state index contributed by atoms with van der Waals surface area (Å²) in [5.74, 6) is 3.78. The summed E-state index contributed by atoms with van der Waals surface area (Å²) in [7, 11) is 3.46. The highest BCUT2D eigenvalue weighted by Gasteiger charge is 2.28. The molecule has 2 aromatic carbocycles. The van der Waals surface area contributed by atoms with E-state index in [0.29, 0.717) is 0 Å². The Kier molecular flexibility index (Phi) is 7.14. The third-order valence-electron chi connectivity index (χ3n) is 4.42. The van der Waals surface area contributed by atoms with Crippen LogP contribution in [0, 0.1) is 5.92 Å². The van der Waals surface area contributed by atoms with Gasteiger partial charge in [-0.1, -0.05) is 24.3 Å². The normalized spacial score (nSPS) is 20.6. The Labute approximate surface area is 163 Å². The Morgan fingerprint density at radius 2 is 1.96 bits per heavy atom. The highest BCUT2D eigenvalue weighted by molar-refractivity contribution is 7.99. The van der Waals surface area contributed by atoms with Crippen LogP contribution in [0.15, 0.2) is 58.3 Å². The molecular weight excluding hydrogens is 366 g/mol. The molecule has 140 valence electrons. The van der Waals surface area contributed by atoms with Crippen molar-refractivity contribution < 1.29 is 14.2 Å². The first kappa shape index (κ1) is 19.4. The molecule has 0 fully saturated rings. The summed E-state index contributed by atoms with van der Waals surface area (Å²) in [6, 6.07) is 16.1. The topological polar surface area (TPSA) is 53.7 Å². The summed E-state index contributed by atoms with van der Waals surface area (Å²) < 4.78 is 17.1. The molecule has 26 heavy (non-hydrogen) atoms. The summed E-state index contributed by atoms with van der Waals surface area (Å²) in [6.07, 6.45) is 0.646. The smallest absolute Gasteiger partial charge is 0.151 e. The van der Waals surface area contributed by atoms with Gasteiger partial charge in [0.2, 0.25) is 0 Å². The van der Waals surface area contributed by atoms with Gasteiger partial charge < -0.3 is 14.2 Å². The van der Waals surface area contributed by atoms with Gasteiger partial charge >= 0.3 is 0 Å². The molecule has 2 aromatic rings. The van der Waals surface area contributed by atoms with Crippen molar-refractivity contribution in [1.29, 1.82) is 0 Å². The molecule has 1 unspecified atom stereocenters. The van der Waals surface area contributed by atoms with Gasteiger partial charge in [-0.2, -0.15) is 0 Å². The van der Waals surface area contributed by atoms with Crippen molar-refractivity contribution in [3.8, 4) is 11.5 Å².